The van der Waals surface area contributed by atoms with Crippen LogP contribution in [0, 0.1) is 0 Å². The lowest BCUT2D eigenvalue weighted by molar-refractivity contribution is 0.0927. The fourth-order valence-electron chi connectivity index (χ4n) is 2.83. The molecular weight excluding hydrogens is 394 g/mol. The van der Waals surface area contributed by atoms with E-state index in [2.05, 4.69) is 15.6 Å². The first-order valence-electron chi connectivity index (χ1n) is 10.1. The molecule has 0 saturated carbocycles. The molecule has 2 aromatic carbocycles. The second-order valence-electron chi connectivity index (χ2n) is 6.62. The van der Waals surface area contributed by atoms with E-state index in [1.807, 2.05) is 25.1 Å². The molecule has 0 fully saturated rings. The molecule has 1 aromatic heterocycles. The largest absolute Gasteiger partial charge is 0.490 e. The fraction of sp³-hybridized carbons (Fsp3) is 0.208. The summed E-state index contributed by atoms with van der Waals surface area (Å²) in [7, 11) is 0. The van der Waals surface area contributed by atoms with Crippen molar-refractivity contribution < 1.29 is 19.1 Å². The molecule has 0 spiro atoms. The van der Waals surface area contributed by atoms with Gasteiger partial charge in [0.15, 0.2) is 11.5 Å². The Morgan fingerprint density at radius 3 is 2.26 bits per heavy atom. The van der Waals surface area contributed by atoms with Crippen LogP contribution in [0.3, 0.4) is 0 Å². The first-order chi connectivity index (χ1) is 15.2. The van der Waals surface area contributed by atoms with E-state index in [0.29, 0.717) is 48.9 Å². The van der Waals surface area contributed by atoms with Crippen LogP contribution in [0.25, 0.3) is 0 Å². The number of hydrogen-bond donors (Lipinski definition) is 2. The minimum absolute atomic E-state index is 0.177. The molecule has 7 heteroatoms. The zero-order valence-electron chi connectivity index (χ0n) is 17.3. The summed E-state index contributed by atoms with van der Waals surface area (Å²) in [6, 6.07) is 17.7. The molecule has 0 saturated heterocycles. The van der Waals surface area contributed by atoms with E-state index in [1.54, 1.807) is 54.9 Å². The molecular formula is C24H25N3O4. The average molecular weight is 419 g/mol. The molecule has 1 heterocycles. The summed E-state index contributed by atoms with van der Waals surface area (Å²) in [5.41, 5.74) is 1.97. The van der Waals surface area contributed by atoms with Crippen LogP contribution >= 0.6 is 0 Å². The second-order valence-corrected chi connectivity index (χ2v) is 6.62. The maximum atomic E-state index is 12.5. The Balaban J connectivity index is 1.53. The van der Waals surface area contributed by atoms with Crippen molar-refractivity contribution in [2.24, 2.45) is 0 Å². The molecule has 31 heavy (non-hydrogen) atoms. The zero-order chi connectivity index (χ0) is 21.9. The van der Waals surface area contributed by atoms with Crippen LogP contribution in [0.15, 0.2) is 73.1 Å². The molecule has 0 radical (unpaired) electrons. The van der Waals surface area contributed by atoms with E-state index in [9.17, 15) is 9.59 Å². The number of amides is 2. The molecule has 3 aromatic rings. The van der Waals surface area contributed by atoms with E-state index in [1.165, 1.54) is 0 Å². The number of carbonyl (C=O) groups is 2. The Bertz CT molecular complexity index is 994. The van der Waals surface area contributed by atoms with Crippen LogP contribution < -0.4 is 20.1 Å². The number of carbonyl (C=O) groups excluding carboxylic acids is 2. The third kappa shape index (κ3) is 6.57. The molecule has 0 unspecified atom stereocenters. The van der Waals surface area contributed by atoms with Gasteiger partial charge in [-0.15, -0.1) is 0 Å². The third-order valence-electron chi connectivity index (χ3n) is 4.35. The van der Waals surface area contributed by atoms with Gasteiger partial charge in [-0.25, -0.2) is 0 Å². The predicted molar refractivity (Wildman–Crippen MR) is 117 cm³/mol. The quantitative estimate of drug-likeness (QED) is 0.493. The smallest absolute Gasteiger partial charge is 0.251 e. The molecule has 0 aliphatic carbocycles. The van der Waals surface area contributed by atoms with E-state index in [-0.39, 0.29) is 11.8 Å². The van der Waals surface area contributed by atoms with Gasteiger partial charge in [0.05, 0.1) is 6.61 Å². The zero-order valence-corrected chi connectivity index (χ0v) is 17.3. The molecule has 0 aliphatic heterocycles. The number of aromatic nitrogens is 1. The van der Waals surface area contributed by atoms with Crippen molar-refractivity contribution in [3.63, 3.8) is 0 Å². The van der Waals surface area contributed by atoms with Crippen LogP contribution in [0.2, 0.25) is 0 Å². The highest BCUT2D eigenvalue weighted by Gasteiger charge is 2.12. The van der Waals surface area contributed by atoms with Crippen LogP contribution in [0.5, 0.6) is 11.5 Å². The van der Waals surface area contributed by atoms with Crippen LogP contribution in [-0.4, -0.2) is 36.5 Å². The number of nitrogens with one attached hydrogen (secondary N) is 2. The Hall–Kier alpha value is -3.87. The van der Waals surface area contributed by atoms with Crippen LogP contribution in [-0.2, 0) is 6.61 Å². The normalized spacial score (nSPS) is 10.2. The van der Waals surface area contributed by atoms with Crippen LogP contribution in [0.4, 0.5) is 0 Å². The molecule has 0 aliphatic rings. The molecule has 2 amide bonds. The maximum absolute atomic E-state index is 12.5. The Kier molecular flexibility index (Phi) is 7.99. The van der Waals surface area contributed by atoms with E-state index in [4.69, 9.17) is 9.47 Å². The van der Waals surface area contributed by atoms with Crippen molar-refractivity contribution in [3.8, 4) is 11.5 Å². The molecule has 7 nitrogen and oxygen atoms in total. The van der Waals surface area contributed by atoms with Crippen LogP contribution in [0.1, 0.15) is 33.2 Å². The minimum Gasteiger partial charge on any atom is -0.490 e. The lowest BCUT2D eigenvalue weighted by Crippen LogP contribution is -2.34. The molecule has 2 N–H and O–H groups in total. The van der Waals surface area contributed by atoms with Crippen molar-refractivity contribution in [1.29, 1.82) is 0 Å². The highest BCUT2D eigenvalue weighted by Crippen LogP contribution is 2.29. The van der Waals surface area contributed by atoms with E-state index < -0.39 is 0 Å². The maximum Gasteiger partial charge on any atom is 0.251 e. The summed E-state index contributed by atoms with van der Waals surface area (Å²) in [6.45, 7) is 3.29. The third-order valence-corrected chi connectivity index (χ3v) is 4.35. The van der Waals surface area contributed by atoms with Gasteiger partial charge in [-0.1, -0.05) is 24.3 Å². The summed E-state index contributed by atoms with van der Waals surface area (Å²) in [5, 5.41) is 5.57. The highest BCUT2D eigenvalue weighted by atomic mass is 16.5. The fourth-order valence-corrected chi connectivity index (χ4v) is 2.83. The van der Waals surface area contributed by atoms with Gasteiger partial charge in [0.1, 0.15) is 6.61 Å². The number of rotatable bonds is 10. The number of hydrogen-bond acceptors (Lipinski definition) is 5. The molecule has 0 bridgehead atoms. The monoisotopic (exact) mass is 419 g/mol. The lowest BCUT2D eigenvalue weighted by Gasteiger charge is -2.13. The Morgan fingerprint density at radius 2 is 1.58 bits per heavy atom. The predicted octanol–water partition coefficient (Wildman–Crippen LogP) is 3.22. The number of nitrogens with zero attached hydrogens (tertiary/aromatic N) is 1. The minimum atomic E-state index is -0.256. The van der Waals surface area contributed by atoms with Gasteiger partial charge in [-0.3, -0.25) is 14.6 Å². The van der Waals surface area contributed by atoms with Gasteiger partial charge >= 0.3 is 0 Å². The summed E-state index contributed by atoms with van der Waals surface area (Å²) < 4.78 is 11.5. The number of ether oxygens (including phenoxy) is 2. The van der Waals surface area contributed by atoms with Gasteiger partial charge in [0.2, 0.25) is 0 Å². The lowest BCUT2D eigenvalue weighted by atomic mass is 10.2. The first kappa shape index (κ1) is 21.8. The van der Waals surface area contributed by atoms with Gasteiger partial charge in [-0.2, -0.15) is 0 Å². The van der Waals surface area contributed by atoms with E-state index >= 15 is 0 Å². The molecule has 0 atom stereocenters. The van der Waals surface area contributed by atoms with E-state index in [0.717, 1.165) is 5.56 Å². The summed E-state index contributed by atoms with van der Waals surface area (Å²) in [6.07, 6.45) is 3.44. The first-order valence-corrected chi connectivity index (χ1v) is 10.1. The van der Waals surface area contributed by atoms with Crippen molar-refractivity contribution in [3.05, 3.63) is 89.7 Å². The summed E-state index contributed by atoms with van der Waals surface area (Å²) in [5.74, 6) is 0.617. The number of pyridine rings is 1. The van der Waals surface area contributed by atoms with Gasteiger partial charge < -0.3 is 20.1 Å². The molecule has 160 valence electrons. The highest BCUT2D eigenvalue weighted by molar-refractivity contribution is 5.95. The van der Waals surface area contributed by atoms with Gasteiger partial charge in [-0.05, 0) is 43.3 Å². The van der Waals surface area contributed by atoms with Crippen molar-refractivity contribution in [1.82, 2.24) is 15.6 Å². The standard InChI is InChI=1S/C24H25N3O4/c1-2-30-22-15-20(10-11-21(22)31-17-18-7-6-12-25-16-18)24(29)27-14-13-26-23(28)19-8-4-3-5-9-19/h3-12,15-16H,2,13-14,17H2,1H3,(H,26,28)(H,27,29). The van der Waals surface area contributed by atoms with Crippen molar-refractivity contribution in [2.45, 2.75) is 13.5 Å². The Labute approximate surface area is 181 Å². The van der Waals surface area contributed by atoms with Crippen molar-refractivity contribution in [2.75, 3.05) is 19.7 Å². The summed E-state index contributed by atoms with van der Waals surface area (Å²) in [4.78, 5) is 28.6. The second kappa shape index (κ2) is 11.3. The van der Waals surface area contributed by atoms with Crippen molar-refractivity contribution >= 4 is 11.8 Å². The van der Waals surface area contributed by atoms with Gasteiger partial charge in [0, 0.05) is 42.2 Å². The summed E-state index contributed by atoms with van der Waals surface area (Å²) >= 11 is 0. The SMILES string of the molecule is CCOc1cc(C(=O)NCCNC(=O)c2ccccc2)ccc1OCc1cccnc1. The average Bonchev–Trinajstić information content (AvgIpc) is 2.82. The molecule has 3 rings (SSSR count). The Morgan fingerprint density at radius 1 is 0.839 bits per heavy atom. The van der Waals surface area contributed by atoms with Gasteiger partial charge in [0.25, 0.3) is 11.8 Å². The number of benzene rings is 2. The topological polar surface area (TPSA) is 89.6 Å².